The smallest absolute Gasteiger partial charge is 0.478 e. The van der Waals surface area contributed by atoms with Gasteiger partial charge in [-0.1, -0.05) is 37.4 Å². The highest BCUT2D eigenvalue weighted by Gasteiger charge is 2.68. The van der Waals surface area contributed by atoms with Crippen LogP contribution in [0.15, 0.2) is 54.6 Å². The Kier molecular flexibility index (Phi) is 17.3. The number of amides is 2. The summed E-state index contributed by atoms with van der Waals surface area (Å²) >= 11 is 3.24. The number of rotatable bonds is 19. The standard InChI is InChI=1S/C52H45ClF10N7O14PS2/c1-48(2,41-31(47(75)76)15-24(46(73)74)16-36(41)84-85(77,78)79)19-38(72)70(86(80)81)20-35-40-33(53)9-8-29(43(40)69(66-35)22-50(56,57)58)28-7-6-27(10-11-49(3,4)87(5,82)83)64-42(28)34(14-23-12-25(54)17-26(55)13-23)65-37(71)21-68-45-39(44(67-68)52(61,62)63)30-18-32(30)51(45,59)60/h6-9,12-13,15-17,30,32,34H,14,18-22H2,1-5H3,(H,65,71)(H,73,74)(H,75,76)(H,80,81)(H2,77,78,79)/t30-,32+,34-/m0/s1. The van der Waals surface area contributed by atoms with Crippen LogP contribution in [0.1, 0.15) is 118 Å². The summed E-state index contributed by atoms with van der Waals surface area (Å²) in [4.78, 5) is 77.0. The van der Waals surface area contributed by atoms with Crippen LogP contribution >= 0.6 is 19.4 Å². The number of hydrogen-bond donors (Lipinski definition) is 6. The summed E-state index contributed by atoms with van der Waals surface area (Å²) in [5, 5.41) is 28.6. The van der Waals surface area contributed by atoms with Crippen LogP contribution in [0.2, 0.25) is 5.02 Å². The van der Waals surface area contributed by atoms with Crippen molar-refractivity contribution in [2.24, 2.45) is 5.92 Å². The summed E-state index contributed by atoms with van der Waals surface area (Å²) < 4.78 is 213. The van der Waals surface area contributed by atoms with Crippen molar-refractivity contribution >= 4 is 75.2 Å². The lowest BCUT2D eigenvalue weighted by atomic mass is 9.77. The number of phosphoric acid groups is 1. The fourth-order valence-corrected chi connectivity index (χ4v) is 11.6. The van der Waals surface area contributed by atoms with Gasteiger partial charge in [-0.2, -0.15) is 45.3 Å². The van der Waals surface area contributed by atoms with Crippen LogP contribution in [0.25, 0.3) is 22.0 Å². The fraction of sp³-hybridized carbons (Fsp3) is 0.365. The Morgan fingerprint density at radius 3 is 2.14 bits per heavy atom. The van der Waals surface area contributed by atoms with Gasteiger partial charge in [0, 0.05) is 57.7 Å². The number of carboxylic acid groups (broad SMARTS) is 2. The number of nitrogens with one attached hydrogen (secondary N) is 1. The van der Waals surface area contributed by atoms with E-state index in [1.54, 1.807) is 0 Å². The molecule has 1 saturated carbocycles. The number of sulfone groups is 1. The number of carbonyl (C=O) groups is 4. The highest BCUT2D eigenvalue weighted by Crippen LogP contribution is 2.68. The lowest BCUT2D eigenvalue weighted by Crippen LogP contribution is -2.37. The van der Waals surface area contributed by atoms with Gasteiger partial charge in [-0.3, -0.25) is 33.3 Å². The largest absolute Gasteiger partial charge is 0.524 e. The number of fused-ring (bicyclic) bond motifs is 4. The van der Waals surface area contributed by atoms with E-state index >= 15 is 8.78 Å². The first-order valence-corrected chi connectivity index (χ1v) is 29.9. The van der Waals surface area contributed by atoms with Crippen molar-refractivity contribution in [2.45, 2.75) is 107 Å². The maximum absolute atomic E-state index is 15.7. The Balaban J connectivity index is 1.30. The Labute approximate surface area is 492 Å². The number of phosphoric ester groups is 1. The number of halogens is 11. The van der Waals surface area contributed by atoms with Crippen molar-refractivity contribution < 1.29 is 109 Å². The van der Waals surface area contributed by atoms with Gasteiger partial charge in [0.15, 0.2) is 15.5 Å². The monoisotopic (exact) mass is 1310 g/mol. The van der Waals surface area contributed by atoms with Crippen molar-refractivity contribution in [3.63, 3.8) is 0 Å². The third kappa shape index (κ3) is 13.8. The van der Waals surface area contributed by atoms with Gasteiger partial charge in [-0.25, -0.2) is 44.9 Å². The van der Waals surface area contributed by atoms with E-state index in [0.717, 1.165) is 56.5 Å². The SMILES string of the molecule is CC(C)(CC(=O)N(Cc1nn(CC(F)(F)F)c2c(-c3ccc(C#CC(C)(C)S(C)(=O)=O)nc3[C@H](Cc3cc(F)cc(F)c3)NC(=O)Cn3nc(C(F)(F)F)c4c3C(F)(F)[C@@H]3C[C@H]43)ccc(Cl)c12)S(=O)O)c1c(OP(=O)(O)O)cc(C(=O)O)cc1C(=O)O. The summed E-state index contributed by atoms with van der Waals surface area (Å²) in [6.45, 7) is -0.0641. The van der Waals surface area contributed by atoms with Gasteiger partial charge in [0.1, 0.15) is 46.6 Å². The van der Waals surface area contributed by atoms with Gasteiger partial charge in [-0.05, 0) is 86.6 Å². The molecule has 466 valence electrons. The molecule has 0 radical (unpaired) electrons. The van der Waals surface area contributed by atoms with Crippen molar-refractivity contribution in [1.82, 2.24) is 34.2 Å². The molecule has 87 heavy (non-hydrogen) atoms. The van der Waals surface area contributed by atoms with Gasteiger partial charge in [0.2, 0.25) is 11.8 Å². The second-order valence-corrected chi connectivity index (χ2v) is 26.5. The van der Waals surface area contributed by atoms with Crippen molar-refractivity contribution in [3.05, 3.63) is 128 Å². The van der Waals surface area contributed by atoms with Gasteiger partial charge in [0.25, 0.3) is 17.2 Å². The number of benzene rings is 3. The molecule has 3 aromatic heterocycles. The topological polar surface area (TPSA) is 311 Å². The van der Waals surface area contributed by atoms with Crippen LogP contribution in [0, 0.1) is 29.4 Å². The third-order valence-electron chi connectivity index (χ3n) is 14.2. The number of aromatic nitrogens is 5. The molecule has 35 heteroatoms. The lowest BCUT2D eigenvalue weighted by Gasteiger charge is -2.30. The quantitative estimate of drug-likeness (QED) is 0.0191. The predicted molar refractivity (Wildman–Crippen MR) is 285 cm³/mol. The molecule has 0 bridgehead atoms. The Morgan fingerprint density at radius 1 is 0.943 bits per heavy atom. The molecule has 0 spiro atoms. The van der Waals surface area contributed by atoms with E-state index in [-0.39, 0.29) is 36.9 Å². The Hall–Kier alpha value is -7.47. The molecule has 3 aromatic carbocycles. The number of carboxylic acids is 2. The molecule has 1 fully saturated rings. The third-order valence-corrected chi connectivity index (χ3v) is 17.6. The van der Waals surface area contributed by atoms with E-state index in [2.05, 4.69) is 36.9 Å². The van der Waals surface area contributed by atoms with Crippen LogP contribution in [-0.2, 0) is 78.8 Å². The van der Waals surface area contributed by atoms with E-state index in [0.29, 0.717) is 18.2 Å². The van der Waals surface area contributed by atoms with E-state index in [4.69, 9.17) is 11.6 Å². The van der Waals surface area contributed by atoms with Gasteiger partial charge in [-0.15, -0.1) is 0 Å². The molecule has 2 amide bonds. The van der Waals surface area contributed by atoms with Crippen molar-refractivity contribution in [1.29, 1.82) is 0 Å². The average molecular weight is 1310 g/mol. The van der Waals surface area contributed by atoms with Crippen LogP contribution in [0.4, 0.5) is 43.9 Å². The van der Waals surface area contributed by atoms with E-state index < -0.39 is 215 Å². The van der Waals surface area contributed by atoms with Crippen LogP contribution in [0.5, 0.6) is 5.75 Å². The number of carbonyl (C=O) groups excluding carboxylic acids is 2. The van der Waals surface area contributed by atoms with Gasteiger partial charge >= 0.3 is 32.1 Å². The zero-order valence-corrected chi connectivity index (χ0v) is 48.5. The minimum absolute atomic E-state index is 0.105. The fourth-order valence-electron chi connectivity index (χ4n) is 10.2. The molecule has 2 aliphatic carbocycles. The average Bonchev–Trinajstić information content (AvgIpc) is 1.52. The first-order chi connectivity index (χ1) is 39.9. The highest BCUT2D eigenvalue weighted by atomic mass is 35.5. The number of nitrogens with zero attached hydrogens (tertiary/aromatic N) is 6. The number of aromatic carboxylic acids is 2. The highest BCUT2D eigenvalue weighted by molar-refractivity contribution is 7.92. The van der Waals surface area contributed by atoms with Crippen molar-refractivity contribution in [3.8, 4) is 28.7 Å². The molecule has 4 atom stereocenters. The second-order valence-electron chi connectivity index (χ2n) is 21.5. The molecular formula is C52H45ClF10N7O14PS2. The summed E-state index contributed by atoms with van der Waals surface area (Å²) in [6, 6.07) is 5.54. The van der Waals surface area contributed by atoms with E-state index in [9.17, 15) is 96.0 Å². The maximum atomic E-state index is 15.7. The van der Waals surface area contributed by atoms with Gasteiger partial charge < -0.3 is 20.1 Å². The summed E-state index contributed by atoms with van der Waals surface area (Å²) in [7, 11) is -9.62. The molecule has 6 N–H and O–H groups in total. The number of hydrogen-bond acceptors (Lipinski definition) is 12. The molecule has 0 saturated heterocycles. The molecular weight excluding hydrogens is 1270 g/mol. The molecule has 2 aliphatic rings. The van der Waals surface area contributed by atoms with E-state index in [1.807, 2.05) is 0 Å². The van der Waals surface area contributed by atoms with Crippen LogP contribution < -0.4 is 9.84 Å². The zero-order valence-electron chi connectivity index (χ0n) is 45.2. The molecule has 21 nitrogen and oxygen atoms in total. The second kappa shape index (κ2) is 22.9. The summed E-state index contributed by atoms with van der Waals surface area (Å²) in [6.07, 6.45) is -11.8. The minimum atomic E-state index is -5.65. The molecule has 0 aliphatic heterocycles. The van der Waals surface area contributed by atoms with Crippen molar-refractivity contribution in [2.75, 3.05) is 6.26 Å². The normalized spacial score (nSPS) is 16.5. The first-order valence-electron chi connectivity index (χ1n) is 25.0. The molecule has 3 heterocycles. The number of pyridine rings is 1. The Bertz CT molecular complexity index is 4120. The van der Waals surface area contributed by atoms with Gasteiger partial charge in [0.05, 0.1) is 45.6 Å². The molecule has 8 rings (SSSR count). The molecule has 6 aromatic rings. The maximum Gasteiger partial charge on any atom is 0.524 e. The minimum Gasteiger partial charge on any atom is -0.478 e. The Morgan fingerprint density at radius 2 is 1.57 bits per heavy atom. The first kappa shape index (κ1) is 65.5. The number of alkyl halides is 8. The van der Waals surface area contributed by atoms with E-state index in [1.165, 1.54) is 13.8 Å². The van der Waals surface area contributed by atoms with Crippen LogP contribution in [-0.4, -0.2) is 107 Å². The lowest BCUT2D eigenvalue weighted by molar-refractivity contribution is -0.143. The zero-order chi connectivity index (χ0) is 64.8. The summed E-state index contributed by atoms with van der Waals surface area (Å²) in [5.41, 5.74) is -11.6. The molecule has 1 unspecified atom stereocenters. The summed E-state index contributed by atoms with van der Waals surface area (Å²) in [5.74, 6) is -11.6. The predicted octanol–water partition coefficient (Wildman–Crippen LogP) is 8.99. The van der Waals surface area contributed by atoms with Crippen LogP contribution in [0.3, 0.4) is 0 Å².